The summed E-state index contributed by atoms with van der Waals surface area (Å²) in [5.41, 5.74) is 10.3. The first kappa shape index (κ1) is 12.7. The molecule has 2 heterocycles. The molecule has 20 heavy (non-hydrogen) atoms. The van der Waals surface area contributed by atoms with Gasteiger partial charge in [-0.3, -0.25) is 4.68 Å². The van der Waals surface area contributed by atoms with Gasteiger partial charge >= 0.3 is 0 Å². The highest BCUT2D eigenvalue weighted by Gasteiger charge is 2.27. The average molecular weight is 267 g/mol. The lowest BCUT2D eigenvalue weighted by atomic mass is 10.00. The van der Waals surface area contributed by atoms with E-state index in [1.807, 2.05) is 30.8 Å². The van der Waals surface area contributed by atoms with Gasteiger partial charge in [0, 0.05) is 35.0 Å². The Kier molecular flexibility index (Phi) is 2.94. The number of anilines is 1. The number of hydrogen-bond donors (Lipinski definition) is 1. The number of rotatable bonds is 3. The molecule has 0 atom stereocenters. The fourth-order valence-corrected chi connectivity index (χ4v) is 2.53. The summed E-state index contributed by atoms with van der Waals surface area (Å²) in [5.74, 6) is 0.834. The van der Waals surface area contributed by atoms with Gasteiger partial charge in [-0.2, -0.15) is 10.4 Å². The molecule has 1 saturated carbocycles. The lowest BCUT2D eigenvalue weighted by Crippen LogP contribution is -2.02. The van der Waals surface area contributed by atoms with Crippen molar-refractivity contribution >= 4 is 5.82 Å². The van der Waals surface area contributed by atoms with E-state index in [2.05, 4.69) is 16.2 Å². The van der Waals surface area contributed by atoms with Crippen LogP contribution >= 0.6 is 0 Å². The van der Waals surface area contributed by atoms with Crippen LogP contribution in [0.25, 0.3) is 11.1 Å². The zero-order valence-electron chi connectivity index (χ0n) is 11.7. The van der Waals surface area contributed by atoms with Crippen molar-refractivity contribution in [2.24, 2.45) is 0 Å². The molecule has 2 aromatic rings. The molecule has 0 spiro atoms. The van der Waals surface area contributed by atoms with Gasteiger partial charge in [0.1, 0.15) is 17.5 Å². The molecule has 2 N–H and O–H groups in total. The molecule has 0 aliphatic heterocycles. The molecule has 102 valence electrons. The van der Waals surface area contributed by atoms with Crippen LogP contribution in [0, 0.1) is 18.3 Å². The quantitative estimate of drug-likeness (QED) is 0.926. The number of hydrogen-bond acceptors (Lipinski definition) is 4. The van der Waals surface area contributed by atoms with Crippen molar-refractivity contribution in [1.29, 1.82) is 5.26 Å². The summed E-state index contributed by atoms with van der Waals surface area (Å²) in [4.78, 5) is 4.38. The smallest absolute Gasteiger partial charge is 0.142 e. The summed E-state index contributed by atoms with van der Waals surface area (Å²) in [5, 5.41) is 13.7. The Morgan fingerprint density at radius 2 is 2.20 bits per heavy atom. The summed E-state index contributed by atoms with van der Waals surface area (Å²) in [7, 11) is 0. The van der Waals surface area contributed by atoms with E-state index in [0.29, 0.717) is 17.3 Å². The third-order valence-electron chi connectivity index (χ3n) is 3.87. The van der Waals surface area contributed by atoms with E-state index >= 15 is 0 Å². The number of aryl methyl sites for hydroxylation is 1. The Labute approximate surface area is 118 Å². The monoisotopic (exact) mass is 267 g/mol. The van der Waals surface area contributed by atoms with Crippen LogP contribution in [0.2, 0.25) is 0 Å². The summed E-state index contributed by atoms with van der Waals surface area (Å²) in [6, 6.07) is 4.19. The summed E-state index contributed by atoms with van der Waals surface area (Å²) >= 11 is 0. The van der Waals surface area contributed by atoms with Gasteiger partial charge in [-0.05, 0) is 32.8 Å². The Morgan fingerprint density at radius 3 is 2.75 bits per heavy atom. The fraction of sp³-hybridized carbons (Fsp3) is 0.400. The second-order valence-electron chi connectivity index (χ2n) is 5.20. The largest absolute Gasteiger partial charge is 0.383 e. The topological polar surface area (TPSA) is 80.5 Å². The van der Waals surface area contributed by atoms with Crippen molar-refractivity contribution in [2.75, 3.05) is 5.73 Å². The van der Waals surface area contributed by atoms with Crippen LogP contribution < -0.4 is 5.73 Å². The number of pyridine rings is 1. The van der Waals surface area contributed by atoms with Crippen LogP contribution in [-0.2, 0) is 6.54 Å². The summed E-state index contributed by atoms with van der Waals surface area (Å²) < 4.78 is 1.92. The van der Waals surface area contributed by atoms with Gasteiger partial charge in [-0.15, -0.1) is 0 Å². The summed E-state index contributed by atoms with van der Waals surface area (Å²) in [6.45, 7) is 4.87. The van der Waals surface area contributed by atoms with E-state index in [4.69, 9.17) is 5.73 Å². The number of nitrogens with two attached hydrogens (primary N) is 1. The standard InChI is InChI=1S/C15H17N5/c1-3-20-9(2)13(8-18-20)11-6-14(10-4-5-10)19-15(17)12(11)7-16/h6,8,10H,3-5H2,1-2H3,(H2,17,19). The highest BCUT2D eigenvalue weighted by Crippen LogP contribution is 2.41. The van der Waals surface area contributed by atoms with E-state index in [9.17, 15) is 5.26 Å². The van der Waals surface area contributed by atoms with E-state index in [-0.39, 0.29) is 0 Å². The maximum absolute atomic E-state index is 9.36. The maximum atomic E-state index is 9.36. The van der Waals surface area contributed by atoms with Crippen molar-refractivity contribution in [3.63, 3.8) is 0 Å². The minimum absolute atomic E-state index is 0.329. The molecule has 0 saturated heterocycles. The average Bonchev–Trinajstić information content (AvgIpc) is 3.22. The third-order valence-corrected chi connectivity index (χ3v) is 3.87. The second-order valence-corrected chi connectivity index (χ2v) is 5.20. The molecule has 0 bridgehead atoms. The Hall–Kier alpha value is -2.35. The fourth-order valence-electron chi connectivity index (χ4n) is 2.53. The molecule has 5 heteroatoms. The van der Waals surface area contributed by atoms with Gasteiger partial charge in [0.05, 0.1) is 6.20 Å². The van der Waals surface area contributed by atoms with Gasteiger partial charge in [-0.1, -0.05) is 0 Å². The van der Waals surface area contributed by atoms with Crippen LogP contribution in [0.4, 0.5) is 5.82 Å². The normalized spacial score (nSPS) is 14.2. The molecule has 1 fully saturated rings. The molecular weight excluding hydrogens is 250 g/mol. The highest BCUT2D eigenvalue weighted by atomic mass is 15.3. The number of nitrogen functional groups attached to an aromatic ring is 1. The lowest BCUT2D eigenvalue weighted by Gasteiger charge is -2.09. The lowest BCUT2D eigenvalue weighted by molar-refractivity contribution is 0.640. The van der Waals surface area contributed by atoms with Crippen LogP contribution in [0.5, 0.6) is 0 Å². The predicted molar refractivity (Wildman–Crippen MR) is 77.0 cm³/mol. The molecule has 0 unspecified atom stereocenters. The Bertz CT molecular complexity index is 704. The van der Waals surface area contributed by atoms with E-state index < -0.39 is 0 Å². The van der Waals surface area contributed by atoms with Gasteiger partial charge < -0.3 is 5.73 Å². The molecule has 1 aliphatic rings. The molecule has 0 amide bonds. The second kappa shape index (κ2) is 4.64. The maximum Gasteiger partial charge on any atom is 0.142 e. The van der Waals surface area contributed by atoms with Gasteiger partial charge in [0.25, 0.3) is 0 Å². The third kappa shape index (κ3) is 1.94. The molecule has 5 nitrogen and oxygen atoms in total. The number of nitriles is 1. The van der Waals surface area contributed by atoms with Crippen molar-refractivity contribution in [1.82, 2.24) is 14.8 Å². The zero-order valence-corrected chi connectivity index (χ0v) is 11.7. The van der Waals surface area contributed by atoms with Crippen LogP contribution in [-0.4, -0.2) is 14.8 Å². The van der Waals surface area contributed by atoms with Crippen LogP contribution in [0.15, 0.2) is 12.3 Å². The molecule has 3 rings (SSSR count). The zero-order chi connectivity index (χ0) is 14.3. The molecule has 0 radical (unpaired) electrons. The van der Waals surface area contributed by atoms with Crippen molar-refractivity contribution < 1.29 is 0 Å². The first-order chi connectivity index (χ1) is 9.65. The highest BCUT2D eigenvalue weighted by molar-refractivity contribution is 5.77. The first-order valence-corrected chi connectivity index (χ1v) is 6.89. The molecular formula is C15H17N5. The van der Waals surface area contributed by atoms with E-state index in [1.165, 1.54) is 0 Å². The SMILES string of the molecule is CCn1ncc(-c2cc(C3CC3)nc(N)c2C#N)c1C. The minimum Gasteiger partial charge on any atom is -0.383 e. The van der Waals surface area contributed by atoms with Crippen LogP contribution in [0.1, 0.15) is 42.6 Å². The van der Waals surface area contributed by atoms with Crippen molar-refractivity contribution in [3.05, 3.63) is 29.2 Å². The predicted octanol–water partition coefficient (Wildman–Crippen LogP) is 2.60. The van der Waals surface area contributed by atoms with Crippen LogP contribution in [0.3, 0.4) is 0 Å². The summed E-state index contributed by atoms with van der Waals surface area (Å²) in [6.07, 6.45) is 4.13. The van der Waals surface area contributed by atoms with Gasteiger partial charge in [-0.25, -0.2) is 4.98 Å². The number of aromatic nitrogens is 3. The van der Waals surface area contributed by atoms with Gasteiger partial charge in [0.15, 0.2) is 0 Å². The Balaban J connectivity index is 2.20. The minimum atomic E-state index is 0.329. The Morgan fingerprint density at radius 1 is 1.45 bits per heavy atom. The van der Waals surface area contributed by atoms with Crippen molar-refractivity contribution in [2.45, 2.75) is 39.2 Å². The number of nitrogens with zero attached hydrogens (tertiary/aromatic N) is 4. The molecule has 2 aromatic heterocycles. The molecule has 0 aromatic carbocycles. The first-order valence-electron chi connectivity index (χ1n) is 6.89. The van der Waals surface area contributed by atoms with E-state index in [1.54, 1.807) is 0 Å². The van der Waals surface area contributed by atoms with Gasteiger partial charge in [0.2, 0.25) is 0 Å². The van der Waals surface area contributed by atoms with Crippen molar-refractivity contribution in [3.8, 4) is 17.2 Å². The molecule has 1 aliphatic carbocycles. The van der Waals surface area contributed by atoms with E-state index in [0.717, 1.165) is 41.9 Å².